The van der Waals surface area contributed by atoms with Crippen LogP contribution in [-0.4, -0.2) is 32.0 Å². The summed E-state index contributed by atoms with van der Waals surface area (Å²) in [5.41, 5.74) is 1.20. The summed E-state index contributed by atoms with van der Waals surface area (Å²) < 4.78 is 10.4. The zero-order valence-electron chi connectivity index (χ0n) is 18.0. The summed E-state index contributed by atoms with van der Waals surface area (Å²) in [6.45, 7) is 0. The van der Waals surface area contributed by atoms with Gasteiger partial charge >= 0.3 is 0 Å². The molecular weight excluding hydrogens is 424 g/mol. The molecule has 0 radical (unpaired) electrons. The quantitative estimate of drug-likeness (QED) is 0.515. The first-order chi connectivity index (χ1) is 15.9. The molecule has 0 aromatic heterocycles. The maximum atomic E-state index is 13.0. The van der Waals surface area contributed by atoms with Crippen molar-refractivity contribution in [3.8, 4) is 11.5 Å². The fraction of sp³-hybridized carbons (Fsp3) is 0.0800. The van der Waals surface area contributed by atoms with Crippen LogP contribution in [0.3, 0.4) is 0 Å². The third kappa shape index (κ3) is 5.98. The second-order valence-corrected chi connectivity index (χ2v) is 6.80. The van der Waals surface area contributed by atoms with Gasteiger partial charge in [0.2, 0.25) is 0 Å². The van der Waals surface area contributed by atoms with Gasteiger partial charge < -0.3 is 30.0 Å². The smallest absolute Gasteiger partial charge is 0.272 e. The van der Waals surface area contributed by atoms with Crippen molar-refractivity contribution in [2.45, 2.75) is 0 Å². The van der Waals surface area contributed by atoms with Gasteiger partial charge in [-0.1, -0.05) is 36.4 Å². The summed E-state index contributed by atoms with van der Waals surface area (Å²) in [5.74, 6) is -1.46. The van der Waals surface area contributed by atoms with Crippen molar-refractivity contribution >= 4 is 29.5 Å². The summed E-state index contributed by atoms with van der Waals surface area (Å²) in [4.78, 5) is 36.8. The SMILES string of the molecule is COc1ccc(/C=C(/NC(=O)c2ccccc2OC)C(=O)Nc2ccc(C(=O)[O-])cc2)cc1. The van der Waals surface area contributed by atoms with Gasteiger partial charge in [-0.3, -0.25) is 9.59 Å². The van der Waals surface area contributed by atoms with Gasteiger partial charge in [0, 0.05) is 5.69 Å². The Morgan fingerprint density at radius 1 is 0.848 bits per heavy atom. The van der Waals surface area contributed by atoms with E-state index in [9.17, 15) is 19.5 Å². The Morgan fingerprint density at radius 2 is 1.52 bits per heavy atom. The summed E-state index contributed by atoms with van der Waals surface area (Å²) >= 11 is 0. The highest BCUT2D eigenvalue weighted by atomic mass is 16.5. The van der Waals surface area contributed by atoms with Crippen LogP contribution in [0.1, 0.15) is 26.3 Å². The first kappa shape index (κ1) is 23.1. The molecule has 0 saturated carbocycles. The maximum absolute atomic E-state index is 13.0. The normalized spacial score (nSPS) is 10.8. The topological polar surface area (TPSA) is 117 Å². The fourth-order valence-corrected chi connectivity index (χ4v) is 2.94. The molecule has 0 aliphatic rings. The molecule has 33 heavy (non-hydrogen) atoms. The molecule has 0 saturated heterocycles. The number of nitrogens with one attached hydrogen (secondary N) is 2. The average Bonchev–Trinajstić information content (AvgIpc) is 2.84. The highest BCUT2D eigenvalue weighted by Gasteiger charge is 2.18. The van der Waals surface area contributed by atoms with Crippen molar-refractivity contribution in [3.05, 3.63) is 95.2 Å². The van der Waals surface area contributed by atoms with E-state index in [-0.39, 0.29) is 16.8 Å². The maximum Gasteiger partial charge on any atom is 0.272 e. The second kappa shape index (κ2) is 10.6. The lowest BCUT2D eigenvalue weighted by Gasteiger charge is -2.13. The van der Waals surface area contributed by atoms with Crippen molar-refractivity contribution in [1.82, 2.24) is 5.32 Å². The van der Waals surface area contributed by atoms with E-state index in [0.29, 0.717) is 22.7 Å². The molecular formula is C25H21N2O6-. The number of ether oxygens (including phenoxy) is 2. The molecule has 0 heterocycles. The van der Waals surface area contributed by atoms with Gasteiger partial charge in [-0.2, -0.15) is 0 Å². The van der Waals surface area contributed by atoms with E-state index in [1.54, 1.807) is 55.6 Å². The Kier molecular flexibility index (Phi) is 7.43. The minimum Gasteiger partial charge on any atom is -0.545 e. The van der Waals surface area contributed by atoms with Gasteiger partial charge in [0.15, 0.2) is 0 Å². The minimum absolute atomic E-state index is 0.0218. The standard InChI is InChI=1S/C25H22N2O6/c1-32-19-13-7-16(8-14-19)15-21(27-23(28)20-5-3-4-6-22(20)33-2)24(29)26-18-11-9-17(10-12-18)25(30)31/h3-15H,1-2H3,(H,26,29)(H,27,28)(H,30,31)/p-1/b21-15+. The zero-order valence-corrected chi connectivity index (χ0v) is 18.0. The number of rotatable bonds is 8. The Hall–Kier alpha value is -4.59. The van der Waals surface area contributed by atoms with Crippen LogP contribution in [0.2, 0.25) is 0 Å². The van der Waals surface area contributed by atoms with Crippen molar-refractivity contribution in [1.29, 1.82) is 0 Å². The Bertz CT molecular complexity index is 1180. The predicted octanol–water partition coefficient (Wildman–Crippen LogP) is 2.48. The molecule has 2 N–H and O–H groups in total. The lowest BCUT2D eigenvalue weighted by Crippen LogP contribution is -2.31. The van der Waals surface area contributed by atoms with E-state index in [2.05, 4.69) is 10.6 Å². The molecule has 0 spiro atoms. The molecule has 0 aliphatic heterocycles. The summed E-state index contributed by atoms with van der Waals surface area (Å²) in [5, 5.41) is 16.2. The zero-order chi connectivity index (χ0) is 23.8. The van der Waals surface area contributed by atoms with Gasteiger partial charge in [-0.05, 0) is 53.6 Å². The van der Waals surface area contributed by atoms with Crippen LogP contribution in [0.5, 0.6) is 11.5 Å². The number of hydrogen-bond acceptors (Lipinski definition) is 6. The van der Waals surface area contributed by atoms with Crippen molar-refractivity contribution in [3.63, 3.8) is 0 Å². The second-order valence-electron chi connectivity index (χ2n) is 6.80. The first-order valence-corrected chi connectivity index (χ1v) is 9.84. The number of amides is 2. The molecule has 3 aromatic rings. The van der Waals surface area contributed by atoms with Crippen molar-refractivity contribution in [2.75, 3.05) is 19.5 Å². The lowest BCUT2D eigenvalue weighted by atomic mass is 10.1. The number of carbonyl (C=O) groups excluding carboxylic acids is 3. The number of anilines is 1. The molecule has 8 heteroatoms. The highest BCUT2D eigenvalue weighted by Crippen LogP contribution is 2.19. The molecule has 0 fully saturated rings. The van der Waals surface area contributed by atoms with Crippen molar-refractivity contribution in [2.24, 2.45) is 0 Å². The molecule has 168 valence electrons. The van der Waals surface area contributed by atoms with E-state index >= 15 is 0 Å². The van der Waals surface area contributed by atoms with Gasteiger partial charge in [0.05, 0.1) is 25.8 Å². The van der Waals surface area contributed by atoms with Gasteiger partial charge in [-0.25, -0.2) is 0 Å². The number of carbonyl (C=O) groups is 3. The highest BCUT2D eigenvalue weighted by molar-refractivity contribution is 6.11. The van der Waals surface area contributed by atoms with Crippen LogP contribution in [-0.2, 0) is 4.79 Å². The minimum atomic E-state index is -1.32. The molecule has 0 unspecified atom stereocenters. The van der Waals surface area contributed by atoms with Gasteiger partial charge in [-0.15, -0.1) is 0 Å². The van der Waals surface area contributed by atoms with Crippen molar-refractivity contribution < 1.29 is 29.0 Å². The predicted molar refractivity (Wildman–Crippen MR) is 121 cm³/mol. The van der Waals surface area contributed by atoms with Crippen LogP contribution >= 0.6 is 0 Å². The first-order valence-electron chi connectivity index (χ1n) is 9.84. The number of methoxy groups -OCH3 is 2. The number of carboxylic acid groups (broad SMARTS) is 1. The summed E-state index contributed by atoms with van der Waals surface area (Å²) in [7, 11) is 2.99. The summed E-state index contributed by atoms with van der Waals surface area (Å²) in [6.07, 6.45) is 1.51. The van der Waals surface area contributed by atoms with Crippen LogP contribution in [0.4, 0.5) is 5.69 Å². The Balaban J connectivity index is 1.90. The monoisotopic (exact) mass is 445 g/mol. The van der Waals surface area contributed by atoms with E-state index in [1.165, 1.54) is 37.5 Å². The Labute approximate surface area is 190 Å². The number of carboxylic acids is 1. The number of aromatic carboxylic acids is 1. The third-order valence-electron chi connectivity index (χ3n) is 4.65. The van der Waals surface area contributed by atoms with E-state index in [4.69, 9.17) is 9.47 Å². The lowest BCUT2D eigenvalue weighted by molar-refractivity contribution is -0.255. The number of benzene rings is 3. The fourth-order valence-electron chi connectivity index (χ4n) is 2.94. The van der Waals surface area contributed by atoms with E-state index < -0.39 is 17.8 Å². The van der Waals surface area contributed by atoms with E-state index in [0.717, 1.165) is 0 Å². The molecule has 0 atom stereocenters. The molecule has 0 bridgehead atoms. The molecule has 8 nitrogen and oxygen atoms in total. The van der Waals surface area contributed by atoms with E-state index in [1.807, 2.05) is 0 Å². The molecule has 3 aromatic carbocycles. The largest absolute Gasteiger partial charge is 0.545 e. The number of hydrogen-bond donors (Lipinski definition) is 2. The van der Waals surface area contributed by atoms with Crippen LogP contribution in [0.15, 0.2) is 78.5 Å². The Morgan fingerprint density at radius 3 is 2.12 bits per heavy atom. The van der Waals surface area contributed by atoms with Gasteiger partial charge in [0.1, 0.15) is 17.2 Å². The molecule has 3 rings (SSSR count). The summed E-state index contributed by atoms with van der Waals surface area (Å²) in [6, 6.07) is 19.0. The van der Waals surface area contributed by atoms with Crippen LogP contribution in [0, 0.1) is 0 Å². The third-order valence-corrected chi connectivity index (χ3v) is 4.65. The number of para-hydroxylation sites is 1. The molecule has 0 aliphatic carbocycles. The van der Waals surface area contributed by atoms with Gasteiger partial charge in [0.25, 0.3) is 11.8 Å². The van der Waals surface area contributed by atoms with Crippen LogP contribution in [0.25, 0.3) is 6.08 Å². The average molecular weight is 445 g/mol. The molecule has 2 amide bonds. The van der Waals surface area contributed by atoms with Crippen LogP contribution < -0.4 is 25.2 Å².